The lowest BCUT2D eigenvalue weighted by Gasteiger charge is -2.64. The van der Waals surface area contributed by atoms with Crippen molar-refractivity contribution in [2.45, 2.75) is 67.7 Å². The summed E-state index contributed by atoms with van der Waals surface area (Å²) in [4.78, 5) is 2.50. The normalized spacial score (nSPS) is 38.0. The third-order valence-corrected chi connectivity index (χ3v) is 8.94. The molecule has 2 aliphatic heterocycles. The molecule has 164 valence electrons. The standard InChI is InChI=1S/C24H28N2O5/c27-16-4-3-14-11-17-24(30)8-7-15(26-18(28)5-6-19(26)29)22-23(24,20(14)21(16)31-22)9-10-25(17)12-13-1-2-13/h3-6,13,15,17,22,27-30H,1-2,7-12H2/t15-,17-,22+,23+,24-/m1/s1. The first kappa shape index (κ1) is 18.2. The van der Waals surface area contributed by atoms with Gasteiger partial charge in [-0.2, -0.15) is 0 Å². The number of hydrogen-bond donors (Lipinski definition) is 4. The number of benzene rings is 1. The summed E-state index contributed by atoms with van der Waals surface area (Å²) in [7, 11) is 0. The van der Waals surface area contributed by atoms with Crippen molar-refractivity contribution < 1.29 is 25.2 Å². The van der Waals surface area contributed by atoms with E-state index in [-0.39, 0.29) is 29.6 Å². The van der Waals surface area contributed by atoms with Crippen LogP contribution >= 0.6 is 0 Å². The van der Waals surface area contributed by atoms with Gasteiger partial charge in [-0.25, -0.2) is 0 Å². The minimum Gasteiger partial charge on any atom is -0.504 e. The van der Waals surface area contributed by atoms with Crippen LogP contribution in [0.1, 0.15) is 49.3 Å². The Kier molecular flexibility index (Phi) is 3.35. The number of ether oxygens (including phenoxy) is 1. The average Bonchev–Trinajstić information content (AvgIpc) is 3.40. The van der Waals surface area contributed by atoms with Crippen LogP contribution in [0.5, 0.6) is 23.3 Å². The molecule has 3 fully saturated rings. The third-order valence-electron chi connectivity index (χ3n) is 8.94. The first-order valence-corrected chi connectivity index (χ1v) is 11.5. The highest BCUT2D eigenvalue weighted by Crippen LogP contribution is 2.67. The number of likely N-dealkylation sites (tertiary alicyclic amines) is 1. The third kappa shape index (κ3) is 2.07. The maximum absolute atomic E-state index is 12.4. The van der Waals surface area contributed by atoms with E-state index < -0.39 is 17.1 Å². The molecule has 2 bridgehead atoms. The van der Waals surface area contributed by atoms with Gasteiger partial charge in [-0.1, -0.05) is 6.07 Å². The summed E-state index contributed by atoms with van der Waals surface area (Å²) in [6.45, 7) is 1.92. The number of hydrogen-bond acceptors (Lipinski definition) is 6. The second kappa shape index (κ2) is 5.70. The smallest absolute Gasteiger partial charge is 0.194 e. The van der Waals surface area contributed by atoms with Gasteiger partial charge in [-0.15, -0.1) is 0 Å². The number of phenols is 1. The van der Waals surface area contributed by atoms with Crippen molar-refractivity contribution >= 4 is 0 Å². The summed E-state index contributed by atoms with van der Waals surface area (Å²) in [6.07, 6.45) is 4.73. The molecule has 4 N–H and O–H groups in total. The van der Waals surface area contributed by atoms with Crippen LogP contribution in [-0.4, -0.2) is 60.7 Å². The van der Waals surface area contributed by atoms with Crippen molar-refractivity contribution in [3.8, 4) is 23.3 Å². The van der Waals surface area contributed by atoms with Crippen LogP contribution in [0.25, 0.3) is 0 Å². The molecule has 0 unspecified atom stereocenters. The molecule has 7 nitrogen and oxygen atoms in total. The molecule has 1 aromatic carbocycles. The number of piperidine rings is 1. The number of phenolic OH excluding ortho intramolecular Hbond substituents is 1. The number of rotatable bonds is 3. The van der Waals surface area contributed by atoms with Gasteiger partial charge in [0.1, 0.15) is 6.10 Å². The van der Waals surface area contributed by atoms with Crippen molar-refractivity contribution in [2.75, 3.05) is 13.1 Å². The Hall–Kier alpha value is -2.38. The number of aromatic nitrogens is 1. The molecule has 0 radical (unpaired) electrons. The largest absolute Gasteiger partial charge is 0.504 e. The Labute approximate surface area is 180 Å². The number of aromatic hydroxyl groups is 3. The van der Waals surface area contributed by atoms with Crippen LogP contribution < -0.4 is 4.74 Å². The minimum atomic E-state index is -0.967. The van der Waals surface area contributed by atoms with Gasteiger partial charge in [-0.05, 0) is 62.6 Å². The lowest BCUT2D eigenvalue weighted by molar-refractivity contribution is -0.196. The van der Waals surface area contributed by atoms with Crippen molar-refractivity contribution in [2.24, 2.45) is 5.92 Å². The fourth-order valence-corrected chi connectivity index (χ4v) is 7.49. The van der Waals surface area contributed by atoms with Crippen molar-refractivity contribution in [3.63, 3.8) is 0 Å². The Morgan fingerprint density at radius 1 is 1.00 bits per heavy atom. The van der Waals surface area contributed by atoms with Gasteiger partial charge >= 0.3 is 0 Å². The number of nitrogens with zero attached hydrogens (tertiary/aromatic N) is 2. The molecular formula is C24H28N2O5. The molecule has 2 aromatic rings. The van der Waals surface area contributed by atoms with Gasteiger partial charge in [-0.3, -0.25) is 9.47 Å². The Bertz CT molecular complexity index is 1070. The molecule has 7 rings (SSSR count). The van der Waals surface area contributed by atoms with Gasteiger partial charge < -0.3 is 25.2 Å². The van der Waals surface area contributed by atoms with Crippen molar-refractivity contribution in [1.29, 1.82) is 0 Å². The first-order chi connectivity index (χ1) is 14.9. The highest BCUT2D eigenvalue weighted by molar-refractivity contribution is 5.62. The van der Waals surface area contributed by atoms with Crippen molar-refractivity contribution in [3.05, 3.63) is 35.4 Å². The predicted octanol–water partition coefficient (Wildman–Crippen LogP) is 2.41. The maximum Gasteiger partial charge on any atom is 0.194 e. The second-order valence-corrected chi connectivity index (χ2v) is 10.3. The molecule has 5 atom stereocenters. The van der Waals surface area contributed by atoms with Gasteiger partial charge in [0.2, 0.25) is 0 Å². The van der Waals surface area contributed by atoms with E-state index in [0.717, 1.165) is 43.0 Å². The molecule has 1 aromatic heterocycles. The van der Waals surface area contributed by atoms with Crippen LogP contribution in [0.15, 0.2) is 24.3 Å². The Balaban J connectivity index is 1.43. The van der Waals surface area contributed by atoms with Crippen LogP contribution in [-0.2, 0) is 11.8 Å². The first-order valence-electron chi connectivity index (χ1n) is 11.5. The number of aliphatic hydroxyl groups is 1. The van der Waals surface area contributed by atoms with Crippen LogP contribution in [0.4, 0.5) is 0 Å². The zero-order chi connectivity index (χ0) is 21.1. The highest BCUT2D eigenvalue weighted by atomic mass is 16.5. The molecule has 31 heavy (non-hydrogen) atoms. The molecule has 0 amide bonds. The van der Waals surface area contributed by atoms with Crippen LogP contribution in [0, 0.1) is 5.92 Å². The fraction of sp³-hybridized carbons (Fsp3) is 0.583. The Morgan fingerprint density at radius 3 is 2.52 bits per heavy atom. The Morgan fingerprint density at radius 2 is 1.77 bits per heavy atom. The van der Waals surface area contributed by atoms with E-state index >= 15 is 0 Å². The van der Waals surface area contributed by atoms with E-state index in [1.807, 2.05) is 6.07 Å². The molecule has 3 aliphatic carbocycles. The van der Waals surface area contributed by atoms with Gasteiger partial charge in [0.25, 0.3) is 0 Å². The van der Waals surface area contributed by atoms with E-state index in [9.17, 15) is 20.4 Å². The summed E-state index contributed by atoms with van der Waals surface area (Å²) in [5, 5.41) is 44.0. The van der Waals surface area contributed by atoms with Crippen LogP contribution in [0.2, 0.25) is 0 Å². The lowest BCUT2D eigenvalue weighted by atomic mass is 9.48. The summed E-state index contributed by atoms with van der Waals surface area (Å²) in [6, 6.07) is 6.35. The lowest BCUT2D eigenvalue weighted by Crippen LogP contribution is -2.76. The zero-order valence-electron chi connectivity index (χ0n) is 17.4. The van der Waals surface area contributed by atoms with Gasteiger partial charge in [0.05, 0.1) is 17.1 Å². The summed E-state index contributed by atoms with van der Waals surface area (Å²) in [5.41, 5.74) is 0.474. The summed E-state index contributed by atoms with van der Waals surface area (Å²) in [5.74, 6) is 1.31. The second-order valence-electron chi connectivity index (χ2n) is 10.3. The molecular weight excluding hydrogens is 396 g/mol. The molecule has 7 heteroatoms. The van der Waals surface area contributed by atoms with Crippen LogP contribution in [0.3, 0.4) is 0 Å². The summed E-state index contributed by atoms with van der Waals surface area (Å²) >= 11 is 0. The fourth-order valence-electron chi connectivity index (χ4n) is 7.49. The highest BCUT2D eigenvalue weighted by Gasteiger charge is 2.73. The van der Waals surface area contributed by atoms with Gasteiger partial charge in [0.15, 0.2) is 23.3 Å². The van der Waals surface area contributed by atoms with Crippen molar-refractivity contribution in [1.82, 2.24) is 9.47 Å². The zero-order valence-corrected chi connectivity index (χ0v) is 17.4. The van der Waals surface area contributed by atoms with E-state index in [1.54, 1.807) is 6.07 Å². The SMILES string of the molecule is Oc1ccc2c3c1O[C@H]1[C@H](n4c(O)ccc4O)CC[C@@]4(O)[C@@H](C2)N(CC2CC2)CC[C@]314. The van der Waals surface area contributed by atoms with Gasteiger partial charge in [0, 0.05) is 30.3 Å². The molecule has 5 aliphatic rings. The van der Waals surface area contributed by atoms with E-state index in [0.29, 0.717) is 18.6 Å². The minimum absolute atomic E-state index is 0.00753. The molecule has 3 heterocycles. The quantitative estimate of drug-likeness (QED) is 0.604. The van der Waals surface area contributed by atoms with E-state index in [1.165, 1.54) is 29.5 Å². The average molecular weight is 424 g/mol. The summed E-state index contributed by atoms with van der Waals surface area (Å²) < 4.78 is 8.01. The monoisotopic (exact) mass is 424 g/mol. The van der Waals surface area contributed by atoms with E-state index in [2.05, 4.69) is 4.90 Å². The topological polar surface area (TPSA) is 98.3 Å². The predicted molar refractivity (Wildman–Crippen MR) is 112 cm³/mol. The molecule has 1 spiro atoms. The molecule has 2 saturated carbocycles. The molecule has 1 saturated heterocycles. The van der Waals surface area contributed by atoms with E-state index in [4.69, 9.17) is 4.74 Å². The maximum atomic E-state index is 12.4.